The van der Waals surface area contributed by atoms with Crippen molar-refractivity contribution in [2.24, 2.45) is 0 Å². The third kappa shape index (κ3) is 5.52. The van der Waals surface area contributed by atoms with Gasteiger partial charge in [0, 0.05) is 17.3 Å². The summed E-state index contributed by atoms with van der Waals surface area (Å²) in [4.78, 5) is 25.5. The maximum Gasteiger partial charge on any atom is 0.272 e. The average Bonchev–Trinajstić information content (AvgIpc) is 3.34. The van der Waals surface area contributed by atoms with E-state index in [9.17, 15) is 9.59 Å². The van der Waals surface area contributed by atoms with Crippen molar-refractivity contribution in [3.8, 4) is 11.5 Å². The summed E-state index contributed by atoms with van der Waals surface area (Å²) < 4.78 is 11.1. The zero-order valence-corrected chi connectivity index (χ0v) is 17.0. The van der Waals surface area contributed by atoms with Gasteiger partial charge in [-0.3, -0.25) is 9.59 Å². The first-order valence-electron chi connectivity index (χ1n) is 9.93. The number of para-hydroxylation sites is 1. The molecule has 0 spiro atoms. The van der Waals surface area contributed by atoms with Crippen LogP contribution in [0.2, 0.25) is 0 Å². The molecule has 2 N–H and O–H groups in total. The first-order valence-corrected chi connectivity index (χ1v) is 9.93. The predicted molar refractivity (Wildman–Crippen MR) is 122 cm³/mol. The summed E-state index contributed by atoms with van der Waals surface area (Å²) in [6.07, 6.45) is 2.97. The molecule has 6 nitrogen and oxygen atoms in total. The van der Waals surface area contributed by atoms with Gasteiger partial charge in [0.05, 0.1) is 6.26 Å². The largest absolute Gasteiger partial charge is 0.465 e. The highest BCUT2D eigenvalue weighted by molar-refractivity contribution is 6.10. The summed E-state index contributed by atoms with van der Waals surface area (Å²) in [5.74, 6) is 0.914. The van der Waals surface area contributed by atoms with Gasteiger partial charge < -0.3 is 19.8 Å². The predicted octanol–water partition coefficient (Wildman–Crippen LogP) is 5.48. The van der Waals surface area contributed by atoms with Gasteiger partial charge in [-0.15, -0.1) is 0 Å². The van der Waals surface area contributed by atoms with E-state index in [4.69, 9.17) is 9.15 Å². The normalized spacial score (nSPS) is 10.9. The molecule has 0 saturated carbocycles. The smallest absolute Gasteiger partial charge is 0.272 e. The van der Waals surface area contributed by atoms with Gasteiger partial charge in [0.15, 0.2) is 0 Å². The fourth-order valence-electron chi connectivity index (χ4n) is 2.89. The van der Waals surface area contributed by atoms with Gasteiger partial charge in [-0.25, -0.2) is 0 Å². The average molecular weight is 424 g/mol. The number of amides is 2. The number of carbonyl (C=O) groups is 2. The second-order valence-electron chi connectivity index (χ2n) is 6.79. The Hall–Kier alpha value is -4.58. The van der Waals surface area contributed by atoms with Crippen molar-refractivity contribution in [2.75, 3.05) is 5.32 Å². The highest BCUT2D eigenvalue weighted by atomic mass is 16.5. The molecule has 158 valence electrons. The third-order valence-corrected chi connectivity index (χ3v) is 4.45. The topological polar surface area (TPSA) is 80.6 Å². The number of hydrogen-bond donors (Lipinski definition) is 2. The maximum absolute atomic E-state index is 12.9. The van der Waals surface area contributed by atoms with E-state index >= 15 is 0 Å². The van der Waals surface area contributed by atoms with Crippen LogP contribution in [0.15, 0.2) is 113 Å². The Morgan fingerprint density at radius 2 is 1.41 bits per heavy atom. The standard InChI is InChI=1S/C26H20N2O4/c29-25(19-8-3-1-4-9-19)28-24(18-23-12-7-17-31-23)26(30)27-20-13-15-22(16-14-20)32-21-10-5-2-6-11-21/h1-18H,(H,27,30)(H,28,29). The molecule has 0 aliphatic heterocycles. The highest BCUT2D eigenvalue weighted by Crippen LogP contribution is 2.23. The number of hydrogen-bond acceptors (Lipinski definition) is 4. The van der Waals surface area contributed by atoms with Gasteiger partial charge in [-0.1, -0.05) is 36.4 Å². The fraction of sp³-hybridized carbons (Fsp3) is 0. The molecular formula is C26H20N2O4. The molecule has 1 aromatic heterocycles. The molecule has 0 aliphatic rings. The van der Waals surface area contributed by atoms with Crippen LogP contribution in [-0.4, -0.2) is 11.8 Å². The van der Waals surface area contributed by atoms with Crippen molar-refractivity contribution >= 4 is 23.6 Å². The molecule has 32 heavy (non-hydrogen) atoms. The molecule has 1 heterocycles. The lowest BCUT2D eigenvalue weighted by Gasteiger charge is -2.11. The third-order valence-electron chi connectivity index (χ3n) is 4.45. The molecule has 0 radical (unpaired) electrons. The SMILES string of the molecule is O=C(Nc1ccc(Oc2ccccc2)cc1)C(=Cc1ccco1)NC(=O)c1ccccc1. The molecule has 4 rings (SSSR count). The van der Waals surface area contributed by atoms with Gasteiger partial charge in [0.1, 0.15) is 23.0 Å². The van der Waals surface area contributed by atoms with Crippen LogP contribution in [0.25, 0.3) is 6.08 Å². The summed E-state index contributed by atoms with van der Waals surface area (Å²) in [5, 5.41) is 5.44. The number of carbonyl (C=O) groups excluding carboxylic acids is 2. The van der Waals surface area contributed by atoms with E-state index in [0.29, 0.717) is 22.8 Å². The molecule has 6 heteroatoms. The summed E-state index contributed by atoms with van der Waals surface area (Å²) in [6, 6.07) is 28.4. The van der Waals surface area contributed by atoms with Crippen molar-refractivity contribution in [2.45, 2.75) is 0 Å². The quantitative estimate of drug-likeness (QED) is 0.385. The molecule has 0 bridgehead atoms. The lowest BCUT2D eigenvalue weighted by molar-refractivity contribution is -0.113. The van der Waals surface area contributed by atoms with Crippen LogP contribution in [0.1, 0.15) is 16.1 Å². The first-order chi connectivity index (χ1) is 15.7. The molecule has 2 amide bonds. The second kappa shape index (κ2) is 9.95. The van der Waals surface area contributed by atoms with Crippen LogP contribution >= 0.6 is 0 Å². The summed E-state index contributed by atoms with van der Waals surface area (Å²) >= 11 is 0. The van der Waals surface area contributed by atoms with Crippen LogP contribution in [0.5, 0.6) is 11.5 Å². The minimum atomic E-state index is -0.484. The Kier molecular flexibility index (Phi) is 6.43. The van der Waals surface area contributed by atoms with Crippen LogP contribution in [-0.2, 0) is 4.79 Å². The molecule has 3 aromatic carbocycles. The van der Waals surface area contributed by atoms with E-state index in [0.717, 1.165) is 5.75 Å². The minimum absolute atomic E-state index is 0.0541. The maximum atomic E-state index is 12.9. The van der Waals surface area contributed by atoms with Crippen LogP contribution in [0.4, 0.5) is 5.69 Å². The molecular weight excluding hydrogens is 404 g/mol. The van der Waals surface area contributed by atoms with E-state index in [-0.39, 0.29) is 5.70 Å². The lowest BCUT2D eigenvalue weighted by Crippen LogP contribution is -2.30. The molecule has 0 atom stereocenters. The van der Waals surface area contributed by atoms with Crippen molar-refractivity contribution in [1.29, 1.82) is 0 Å². The van der Waals surface area contributed by atoms with E-state index in [2.05, 4.69) is 10.6 Å². The van der Waals surface area contributed by atoms with Gasteiger partial charge in [-0.05, 0) is 60.7 Å². The molecule has 0 aliphatic carbocycles. The van der Waals surface area contributed by atoms with E-state index in [1.165, 1.54) is 12.3 Å². The van der Waals surface area contributed by atoms with Crippen LogP contribution in [0.3, 0.4) is 0 Å². The summed E-state index contributed by atoms with van der Waals surface area (Å²) in [5.41, 5.74) is 1.04. The van der Waals surface area contributed by atoms with E-state index < -0.39 is 11.8 Å². The fourth-order valence-corrected chi connectivity index (χ4v) is 2.89. The van der Waals surface area contributed by atoms with Crippen molar-refractivity contribution in [3.05, 3.63) is 120 Å². The zero-order valence-electron chi connectivity index (χ0n) is 17.0. The second-order valence-corrected chi connectivity index (χ2v) is 6.79. The number of furan rings is 1. The zero-order chi connectivity index (χ0) is 22.2. The van der Waals surface area contributed by atoms with Crippen LogP contribution < -0.4 is 15.4 Å². The minimum Gasteiger partial charge on any atom is -0.465 e. The molecule has 0 fully saturated rings. The van der Waals surface area contributed by atoms with Gasteiger partial charge in [0.2, 0.25) is 0 Å². The van der Waals surface area contributed by atoms with Crippen molar-refractivity contribution in [1.82, 2.24) is 5.32 Å². The highest BCUT2D eigenvalue weighted by Gasteiger charge is 2.15. The van der Waals surface area contributed by atoms with Crippen molar-refractivity contribution < 1.29 is 18.7 Å². The molecule has 0 unspecified atom stereocenters. The Morgan fingerprint density at radius 1 is 0.750 bits per heavy atom. The van der Waals surface area contributed by atoms with Crippen molar-refractivity contribution in [3.63, 3.8) is 0 Å². The van der Waals surface area contributed by atoms with Gasteiger partial charge in [0.25, 0.3) is 11.8 Å². The Morgan fingerprint density at radius 3 is 2.06 bits per heavy atom. The Balaban J connectivity index is 1.48. The monoisotopic (exact) mass is 424 g/mol. The number of nitrogens with one attached hydrogen (secondary N) is 2. The van der Waals surface area contributed by atoms with E-state index in [1.807, 2.05) is 36.4 Å². The Bertz CT molecular complexity index is 1200. The van der Waals surface area contributed by atoms with Gasteiger partial charge >= 0.3 is 0 Å². The number of ether oxygens (including phenoxy) is 1. The summed E-state index contributed by atoms with van der Waals surface area (Å²) in [6.45, 7) is 0. The lowest BCUT2D eigenvalue weighted by atomic mass is 10.2. The number of anilines is 1. The van der Waals surface area contributed by atoms with Crippen LogP contribution in [0, 0.1) is 0 Å². The number of benzene rings is 3. The Labute approximate surface area is 185 Å². The van der Waals surface area contributed by atoms with E-state index in [1.54, 1.807) is 60.7 Å². The summed E-state index contributed by atoms with van der Waals surface area (Å²) in [7, 11) is 0. The molecule has 0 saturated heterocycles. The van der Waals surface area contributed by atoms with Gasteiger partial charge in [-0.2, -0.15) is 0 Å². The molecule has 4 aromatic rings. The first kappa shape index (κ1) is 20.7. The number of rotatable bonds is 7.